The molecule has 4 rings (SSSR count). The van der Waals surface area contributed by atoms with Crippen LogP contribution in [0, 0.1) is 30.1 Å². The van der Waals surface area contributed by atoms with Crippen molar-refractivity contribution in [1.82, 2.24) is 0 Å². The van der Waals surface area contributed by atoms with E-state index in [9.17, 15) is 9.90 Å². The molecule has 0 bridgehead atoms. The third-order valence-electron chi connectivity index (χ3n) is 7.08. The Balaban J connectivity index is 1.85. The summed E-state index contributed by atoms with van der Waals surface area (Å²) >= 11 is 0. The van der Waals surface area contributed by atoms with E-state index in [0.717, 1.165) is 36.1 Å². The molecule has 1 heterocycles. The van der Waals surface area contributed by atoms with Crippen molar-refractivity contribution in [2.75, 3.05) is 0 Å². The van der Waals surface area contributed by atoms with Crippen molar-refractivity contribution in [2.24, 2.45) is 23.2 Å². The Morgan fingerprint density at radius 3 is 2.72 bits per heavy atom. The summed E-state index contributed by atoms with van der Waals surface area (Å²) in [6.07, 6.45) is 3.85. The molecule has 2 aliphatic carbocycles. The minimum Gasteiger partial charge on any atom is -0.508 e. The highest BCUT2D eigenvalue weighted by Gasteiger charge is 2.71. The molecule has 3 heteroatoms. The summed E-state index contributed by atoms with van der Waals surface area (Å²) in [6.45, 7) is 10.7. The van der Waals surface area contributed by atoms with Crippen LogP contribution in [0.15, 0.2) is 12.1 Å². The molecule has 5 atom stereocenters. The van der Waals surface area contributed by atoms with Crippen molar-refractivity contribution < 1.29 is 14.6 Å². The van der Waals surface area contributed by atoms with Crippen LogP contribution >= 0.6 is 0 Å². The van der Waals surface area contributed by atoms with Gasteiger partial charge in [0.25, 0.3) is 0 Å². The van der Waals surface area contributed by atoms with Crippen molar-refractivity contribution >= 4 is 5.78 Å². The average molecular weight is 342 g/mol. The zero-order valence-electron chi connectivity index (χ0n) is 16.1. The van der Waals surface area contributed by atoms with Crippen molar-refractivity contribution in [3.8, 4) is 11.5 Å². The first-order chi connectivity index (χ1) is 11.7. The Labute approximate surface area is 150 Å². The van der Waals surface area contributed by atoms with Crippen molar-refractivity contribution in [2.45, 2.75) is 71.8 Å². The monoisotopic (exact) mass is 342 g/mol. The lowest BCUT2D eigenvalue weighted by Crippen LogP contribution is -2.69. The van der Waals surface area contributed by atoms with Crippen LogP contribution in [0.4, 0.5) is 0 Å². The van der Waals surface area contributed by atoms with E-state index < -0.39 is 0 Å². The summed E-state index contributed by atoms with van der Waals surface area (Å²) in [5.74, 6) is 2.27. The van der Waals surface area contributed by atoms with Gasteiger partial charge in [-0.25, -0.2) is 0 Å². The molecule has 0 spiro atoms. The fourth-order valence-corrected chi connectivity index (χ4v) is 6.41. The molecule has 0 amide bonds. The number of hydrogen-bond donors (Lipinski definition) is 1. The summed E-state index contributed by atoms with van der Waals surface area (Å²) in [5, 5.41) is 10.7. The second-order valence-corrected chi connectivity index (χ2v) is 9.52. The van der Waals surface area contributed by atoms with Crippen LogP contribution in [-0.2, 0) is 4.79 Å². The van der Waals surface area contributed by atoms with Gasteiger partial charge in [0.05, 0.1) is 0 Å². The maximum Gasteiger partial charge on any atom is 0.137 e. The van der Waals surface area contributed by atoms with Gasteiger partial charge in [0.15, 0.2) is 0 Å². The number of fused-ring (bicyclic) bond motifs is 2. The predicted octanol–water partition coefficient (Wildman–Crippen LogP) is 4.99. The van der Waals surface area contributed by atoms with E-state index >= 15 is 0 Å². The molecular formula is C22H30O3. The highest BCUT2D eigenvalue weighted by Crippen LogP contribution is 2.73. The van der Waals surface area contributed by atoms with Crippen molar-refractivity contribution in [3.05, 3.63) is 23.3 Å². The van der Waals surface area contributed by atoms with Crippen molar-refractivity contribution in [3.63, 3.8) is 0 Å². The normalized spacial score (nSPS) is 38.4. The number of phenols is 1. The van der Waals surface area contributed by atoms with Gasteiger partial charge in [-0.05, 0) is 62.1 Å². The number of ether oxygens (including phenoxy) is 1. The number of carbonyl (C=O) groups is 1. The van der Waals surface area contributed by atoms with Gasteiger partial charge in [-0.15, -0.1) is 0 Å². The van der Waals surface area contributed by atoms with Gasteiger partial charge < -0.3 is 9.84 Å². The molecule has 1 aliphatic heterocycles. The van der Waals surface area contributed by atoms with E-state index in [2.05, 4.69) is 27.7 Å². The standard InChI is InChI=1S/C22H30O3/c1-12(2)9-15(24)19-18-17-14(23)10-13(3)11-16(17)25-22(5)8-6-7-21(19,4)20(18)22/h10-12,18-20,23H,6-9H2,1-5H3/t18-,19-,20-,21+,22+/m1/s1. The molecule has 0 saturated heterocycles. The molecule has 1 aromatic rings. The molecule has 1 N–H and O–H groups in total. The number of Topliss-reactive ketones (excluding diaryl/α,β-unsaturated/α-hetero) is 1. The fraction of sp³-hybridized carbons (Fsp3) is 0.682. The van der Waals surface area contributed by atoms with Gasteiger partial charge in [-0.3, -0.25) is 4.79 Å². The summed E-state index contributed by atoms with van der Waals surface area (Å²) in [4.78, 5) is 13.2. The Kier molecular flexibility index (Phi) is 3.55. The minimum atomic E-state index is -0.223. The van der Waals surface area contributed by atoms with Gasteiger partial charge in [0.2, 0.25) is 0 Å². The number of benzene rings is 1. The molecule has 2 saturated carbocycles. The maximum absolute atomic E-state index is 13.2. The summed E-state index contributed by atoms with van der Waals surface area (Å²) in [6, 6.07) is 3.85. The largest absolute Gasteiger partial charge is 0.508 e. The van der Waals surface area contributed by atoms with Crippen LogP contribution in [0.1, 0.15) is 70.4 Å². The molecule has 2 fully saturated rings. The van der Waals surface area contributed by atoms with Gasteiger partial charge in [-0.1, -0.05) is 20.8 Å². The Morgan fingerprint density at radius 1 is 1.32 bits per heavy atom. The lowest BCUT2D eigenvalue weighted by molar-refractivity contribution is -0.207. The molecule has 3 nitrogen and oxygen atoms in total. The molecule has 3 aliphatic rings. The van der Waals surface area contributed by atoms with E-state index in [1.165, 1.54) is 0 Å². The smallest absolute Gasteiger partial charge is 0.137 e. The van der Waals surface area contributed by atoms with E-state index in [1.54, 1.807) is 0 Å². The second kappa shape index (κ2) is 5.25. The zero-order chi connectivity index (χ0) is 18.1. The van der Waals surface area contributed by atoms with E-state index in [4.69, 9.17) is 4.74 Å². The van der Waals surface area contributed by atoms with Gasteiger partial charge in [-0.2, -0.15) is 0 Å². The molecule has 0 unspecified atom stereocenters. The second-order valence-electron chi connectivity index (χ2n) is 9.52. The predicted molar refractivity (Wildman–Crippen MR) is 98.0 cm³/mol. The van der Waals surface area contributed by atoms with Crippen LogP contribution < -0.4 is 4.74 Å². The molecule has 25 heavy (non-hydrogen) atoms. The lowest BCUT2D eigenvalue weighted by Gasteiger charge is -2.69. The van der Waals surface area contributed by atoms with Gasteiger partial charge in [0, 0.05) is 29.7 Å². The molecule has 1 aromatic carbocycles. The average Bonchev–Trinajstić information content (AvgIpc) is 2.43. The quantitative estimate of drug-likeness (QED) is 0.842. The molecule has 0 aromatic heterocycles. The third kappa shape index (κ3) is 2.20. The topological polar surface area (TPSA) is 46.5 Å². The minimum absolute atomic E-state index is 0.00133. The molecular weight excluding hydrogens is 312 g/mol. The maximum atomic E-state index is 13.2. The van der Waals surface area contributed by atoms with E-state index in [0.29, 0.717) is 29.8 Å². The first-order valence-corrected chi connectivity index (χ1v) is 9.72. The van der Waals surface area contributed by atoms with Crippen molar-refractivity contribution in [1.29, 1.82) is 0 Å². The number of aryl methyl sites for hydroxylation is 1. The fourth-order valence-electron chi connectivity index (χ4n) is 6.41. The number of ketones is 1. The van der Waals surface area contributed by atoms with Crippen LogP contribution in [-0.4, -0.2) is 16.5 Å². The first kappa shape index (κ1) is 16.9. The van der Waals surface area contributed by atoms with Crippen LogP contribution in [0.3, 0.4) is 0 Å². The lowest BCUT2D eigenvalue weighted by atomic mass is 9.37. The number of aromatic hydroxyl groups is 1. The number of hydrogen-bond acceptors (Lipinski definition) is 3. The van der Waals surface area contributed by atoms with Crippen LogP contribution in [0.25, 0.3) is 0 Å². The van der Waals surface area contributed by atoms with Crippen LogP contribution in [0.2, 0.25) is 0 Å². The summed E-state index contributed by atoms with van der Waals surface area (Å²) < 4.78 is 6.49. The van der Waals surface area contributed by atoms with Crippen LogP contribution in [0.5, 0.6) is 11.5 Å². The highest BCUT2D eigenvalue weighted by atomic mass is 16.5. The van der Waals surface area contributed by atoms with E-state index in [1.807, 2.05) is 19.1 Å². The van der Waals surface area contributed by atoms with Gasteiger partial charge in [0.1, 0.15) is 22.9 Å². The molecule has 136 valence electrons. The number of carbonyl (C=O) groups excluding carboxylic acids is 1. The highest BCUT2D eigenvalue weighted by molar-refractivity contribution is 5.85. The summed E-state index contributed by atoms with van der Waals surface area (Å²) in [7, 11) is 0. The first-order valence-electron chi connectivity index (χ1n) is 9.72. The summed E-state index contributed by atoms with van der Waals surface area (Å²) in [5.41, 5.74) is 1.66. The third-order valence-corrected chi connectivity index (χ3v) is 7.08. The number of rotatable bonds is 3. The Bertz CT molecular complexity index is 737. The SMILES string of the molecule is Cc1cc(O)c2c(c1)O[C@@]1(C)CCC[C@@]3(C)[C@H](C(=O)CC(C)C)[C@@H]2[C@H]31. The number of phenolic OH excluding ortho intramolecular Hbond substituents is 1. The molecule has 0 radical (unpaired) electrons. The zero-order valence-corrected chi connectivity index (χ0v) is 16.1. The Morgan fingerprint density at radius 2 is 2.04 bits per heavy atom. The van der Waals surface area contributed by atoms with Gasteiger partial charge >= 0.3 is 0 Å². The Hall–Kier alpha value is -1.51. The van der Waals surface area contributed by atoms with E-state index in [-0.39, 0.29) is 22.9 Å².